The topological polar surface area (TPSA) is 101 Å². The molecule has 0 amide bonds. The van der Waals surface area contributed by atoms with Gasteiger partial charge in [0.15, 0.2) is 5.75 Å². The third kappa shape index (κ3) is 3.09. The van der Waals surface area contributed by atoms with Gasteiger partial charge in [0, 0.05) is 6.07 Å². The molecule has 0 aliphatic carbocycles. The summed E-state index contributed by atoms with van der Waals surface area (Å²) in [5.74, 6) is -1.40. The van der Waals surface area contributed by atoms with Crippen LogP contribution in [0.1, 0.15) is 12.0 Å². The maximum absolute atomic E-state index is 10.5. The molecule has 2 N–H and O–H groups in total. The highest BCUT2D eigenvalue weighted by atomic mass is 16.6. The Labute approximate surface area is 90.6 Å². The molecule has 0 atom stereocenters. The number of carboxylic acid groups (broad SMARTS) is 1. The lowest BCUT2D eigenvalue weighted by molar-refractivity contribution is -0.385. The molecule has 0 aliphatic rings. The lowest BCUT2D eigenvalue weighted by Crippen LogP contribution is -1.90. The van der Waals surface area contributed by atoms with Gasteiger partial charge < -0.3 is 10.2 Å². The first-order valence-corrected chi connectivity index (χ1v) is 4.36. The zero-order valence-corrected chi connectivity index (χ0v) is 8.16. The first kappa shape index (κ1) is 11.7. The molecule has 0 spiro atoms. The summed E-state index contributed by atoms with van der Waals surface area (Å²) in [4.78, 5) is 20.0. The van der Waals surface area contributed by atoms with Crippen LogP contribution in [0.25, 0.3) is 6.08 Å². The van der Waals surface area contributed by atoms with Crippen molar-refractivity contribution in [2.24, 2.45) is 0 Å². The Bertz CT molecular complexity index is 453. The van der Waals surface area contributed by atoms with Gasteiger partial charge in [-0.05, 0) is 11.6 Å². The summed E-state index contributed by atoms with van der Waals surface area (Å²) < 4.78 is 0. The van der Waals surface area contributed by atoms with Gasteiger partial charge >= 0.3 is 11.7 Å². The van der Waals surface area contributed by atoms with Gasteiger partial charge in [-0.1, -0.05) is 18.2 Å². The summed E-state index contributed by atoms with van der Waals surface area (Å²) in [5, 5.41) is 28.0. The van der Waals surface area contributed by atoms with Crippen molar-refractivity contribution in [2.45, 2.75) is 6.42 Å². The predicted molar refractivity (Wildman–Crippen MR) is 56.0 cm³/mol. The van der Waals surface area contributed by atoms with E-state index < -0.39 is 22.3 Å². The van der Waals surface area contributed by atoms with Crippen LogP contribution >= 0.6 is 0 Å². The smallest absolute Gasteiger partial charge is 0.311 e. The largest absolute Gasteiger partial charge is 0.502 e. The number of nitrogens with zero attached hydrogens (tertiary/aromatic N) is 1. The van der Waals surface area contributed by atoms with Crippen LogP contribution in [0.5, 0.6) is 5.75 Å². The van der Waals surface area contributed by atoms with Crippen molar-refractivity contribution in [1.29, 1.82) is 0 Å². The van der Waals surface area contributed by atoms with Crippen LogP contribution in [-0.2, 0) is 4.79 Å². The number of benzene rings is 1. The summed E-state index contributed by atoms with van der Waals surface area (Å²) >= 11 is 0. The fraction of sp³-hybridized carbons (Fsp3) is 0.100. The van der Waals surface area contributed by atoms with Crippen molar-refractivity contribution >= 4 is 17.7 Å². The number of rotatable bonds is 4. The van der Waals surface area contributed by atoms with E-state index in [1.807, 2.05) is 0 Å². The van der Waals surface area contributed by atoms with E-state index in [1.165, 1.54) is 30.4 Å². The van der Waals surface area contributed by atoms with Crippen molar-refractivity contribution in [2.75, 3.05) is 0 Å². The Balaban J connectivity index is 2.91. The molecule has 1 aromatic rings. The second-order valence-corrected chi connectivity index (χ2v) is 3.01. The van der Waals surface area contributed by atoms with Gasteiger partial charge in [-0.2, -0.15) is 0 Å². The third-order valence-electron chi connectivity index (χ3n) is 1.80. The Morgan fingerprint density at radius 2 is 2.19 bits per heavy atom. The Hall–Kier alpha value is -2.37. The van der Waals surface area contributed by atoms with Gasteiger partial charge in [0.2, 0.25) is 0 Å². The molecule has 0 fully saturated rings. The van der Waals surface area contributed by atoms with Gasteiger partial charge in [-0.15, -0.1) is 0 Å². The molecule has 0 radical (unpaired) electrons. The van der Waals surface area contributed by atoms with E-state index in [-0.39, 0.29) is 6.42 Å². The van der Waals surface area contributed by atoms with E-state index >= 15 is 0 Å². The SMILES string of the molecule is O=C(O)CC=Cc1ccc(O)c([N+](=O)[O-])c1. The van der Waals surface area contributed by atoms with E-state index in [2.05, 4.69) is 0 Å². The van der Waals surface area contributed by atoms with Gasteiger partial charge in [0.05, 0.1) is 11.3 Å². The summed E-state index contributed by atoms with van der Waals surface area (Å²) in [7, 11) is 0. The van der Waals surface area contributed by atoms with E-state index in [0.717, 1.165) is 0 Å². The number of phenolic OH excluding ortho intramolecular Hbond substituents is 1. The number of nitro benzene ring substituents is 1. The minimum absolute atomic E-state index is 0.158. The van der Waals surface area contributed by atoms with Crippen LogP contribution in [0.3, 0.4) is 0 Å². The summed E-state index contributed by atoms with van der Waals surface area (Å²) in [5.41, 5.74) is 0.0585. The average molecular weight is 223 g/mol. The monoisotopic (exact) mass is 223 g/mol. The normalized spacial score (nSPS) is 10.5. The number of carboxylic acids is 1. The summed E-state index contributed by atoms with van der Waals surface area (Å²) in [6, 6.07) is 3.83. The zero-order chi connectivity index (χ0) is 12.1. The molecule has 0 heterocycles. The summed E-state index contributed by atoms with van der Waals surface area (Å²) in [6.45, 7) is 0. The molecule has 84 valence electrons. The maximum atomic E-state index is 10.5. The Morgan fingerprint density at radius 3 is 2.75 bits per heavy atom. The number of aliphatic carboxylic acids is 1. The fourth-order valence-corrected chi connectivity index (χ4v) is 1.09. The fourth-order valence-electron chi connectivity index (χ4n) is 1.09. The van der Waals surface area contributed by atoms with Crippen LogP contribution in [0.2, 0.25) is 0 Å². The van der Waals surface area contributed by atoms with E-state index in [9.17, 15) is 14.9 Å². The highest BCUT2D eigenvalue weighted by molar-refractivity contribution is 5.70. The number of nitro groups is 1. The van der Waals surface area contributed by atoms with Crippen LogP contribution < -0.4 is 0 Å². The molecule has 6 nitrogen and oxygen atoms in total. The van der Waals surface area contributed by atoms with E-state index in [1.54, 1.807) is 0 Å². The van der Waals surface area contributed by atoms with Crippen molar-refractivity contribution in [3.63, 3.8) is 0 Å². The second-order valence-electron chi connectivity index (χ2n) is 3.01. The summed E-state index contributed by atoms with van der Waals surface area (Å²) in [6.07, 6.45) is 2.66. The Kier molecular flexibility index (Phi) is 3.60. The number of hydrogen-bond acceptors (Lipinski definition) is 4. The third-order valence-corrected chi connectivity index (χ3v) is 1.80. The van der Waals surface area contributed by atoms with Crippen LogP contribution in [-0.4, -0.2) is 21.1 Å². The lowest BCUT2D eigenvalue weighted by atomic mass is 10.1. The molecule has 1 rings (SSSR count). The van der Waals surface area contributed by atoms with Crippen molar-refractivity contribution < 1.29 is 19.9 Å². The van der Waals surface area contributed by atoms with Gasteiger partial charge in [-0.25, -0.2) is 0 Å². The average Bonchev–Trinajstić information content (AvgIpc) is 2.19. The lowest BCUT2D eigenvalue weighted by Gasteiger charge is -1.97. The molecule has 0 unspecified atom stereocenters. The number of hydrogen-bond donors (Lipinski definition) is 2. The van der Waals surface area contributed by atoms with Crippen molar-refractivity contribution in [1.82, 2.24) is 0 Å². The number of phenols is 1. The molecular formula is C10H9NO5. The van der Waals surface area contributed by atoms with E-state index in [0.29, 0.717) is 5.56 Å². The molecule has 0 saturated heterocycles. The molecule has 16 heavy (non-hydrogen) atoms. The second kappa shape index (κ2) is 4.92. The van der Waals surface area contributed by atoms with E-state index in [4.69, 9.17) is 10.2 Å². The molecule has 1 aromatic carbocycles. The van der Waals surface area contributed by atoms with Gasteiger partial charge in [-0.3, -0.25) is 14.9 Å². The first-order chi connectivity index (χ1) is 7.50. The molecular weight excluding hydrogens is 214 g/mol. The maximum Gasteiger partial charge on any atom is 0.311 e. The highest BCUT2D eigenvalue weighted by Gasteiger charge is 2.12. The minimum atomic E-state index is -0.982. The van der Waals surface area contributed by atoms with Crippen LogP contribution in [0.15, 0.2) is 24.3 Å². The van der Waals surface area contributed by atoms with Crippen molar-refractivity contribution in [3.05, 3.63) is 40.0 Å². The molecule has 0 aromatic heterocycles. The van der Waals surface area contributed by atoms with Crippen LogP contribution in [0, 0.1) is 10.1 Å². The molecule has 0 saturated carbocycles. The van der Waals surface area contributed by atoms with Crippen LogP contribution in [0.4, 0.5) is 5.69 Å². The molecule has 6 heteroatoms. The molecule has 0 aliphatic heterocycles. The molecule has 0 bridgehead atoms. The Morgan fingerprint density at radius 1 is 1.50 bits per heavy atom. The van der Waals surface area contributed by atoms with Crippen molar-refractivity contribution in [3.8, 4) is 5.75 Å². The zero-order valence-electron chi connectivity index (χ0n) is 8.16. The highest BCUT2D eigenvalue weighted by Crippen LogP contribution is 2.26. The van der Waals surface area contributed by atoms with Gasteiger partial charge in [0.1, 0.15) is 0 Å². The predicted octanol–water partition coefficient (Wildman–Crippen LogP) is 1.79. The standard InChI is InChI=1S/C10H9NO5/c12-9-5-4-7(2-1-3-10(13)14)6-8(9)11(15)16/h1-2,4-6,12H,3H2,(H,13,14). The first-order valence-electron chi connectivity index (χ1n) is 4.36. The quantitative estimate of drug-likeness (QED) is 0.598. The minimum Gasteiger partial charge on any atom is -0.502 e. The number of carbonyl (C=O) groups is 1. The number of aromatic hydroxyl groups is 1. The van der Waals surface area contributed by atoms with Gasteiger partial charge in [0.25, 0.3) is 0 Å².